The van der Waals surface area contributed by atoms with Crippen molar-refractivity contribution in [1.82, 2.24) is 9.91 Å². The Labute approximate surface area is 74.1 Å². The summed E-state index contributed by atoms with van der Waals surface area (Å²) < 4.78 is 37.1. The van der Waals surface area contributed by atoms with E-state index in [0.29, 0.717) is 0 Å². The summed E-state index contributed by atoms with van der Waals surface area (Å²) in [5.41, 5.74) is 0. The van der Waals surface area contributed by atoms with Crippen molar-refractivity contribution in [1.29, 1.82) is 0 Å². The van der Waals surface area contributed by atoms with Gasteiger partial charge in [-0.15, -0.1) is 6.58 Å². The van der Waals surface area contributed by atoms with Crippen molar-refractivity contribution in [2.24, 2.45) is 5.10 Å². The molecule has 1 radical (unpaired) electrons. The second-order valence-corrected chi connectivity index (χ2v) is 2.64. The minimum absolute atomic E-state index is 0.0571. The molecule has 0 aliphatic carbocycles. The lowest BCUT2D eigenvalue weighted by Gasteiger charge is -2.28. The molecule has 1 atom stereocenters. The van der Waals surface area contributed by atoms with E-state index in [-0.39, 0.29) is 6.54 Å². The first-order valence-electron chi connectivity index (χ1n) is 3.60. The van der Waals surface area contributed by atoms with E-state index in [4.69, 9.17) is 0 Å². The minimum atomic E-state index is -4.33. The Morgan fingerprint density at radius 3 is 2.69 bits per heavy atom. The van der Waals surface area contributed by atoms with Gasteiger partial charge in [-0.05, 0) is 0 Å². The summed E-state index contributed by atoms with van der Waals surface area (Å²) in [7, 11) is 1.28. The molecule has 73 valence electrons. The highest BCUT2D eigenvalue weighted by Gasteiger charge is 2.48. The summed E-state index contributed by atoms with van der Waals surface area (Å²) in [5, 5.41) is 4.35. The molecule has 0 saturated carbocycles. The highest BCUT2D eigenvalue weighted by Crippen LogP contribution is 2.28. The maximum absolute atomic E-state index is 12.4. The Kier molecular flexibility index (Phi) is 2.49. The van der Waals surface area contributed by atoms with Crippen LogP contribution < -0.4 is 0 Å². The molecule has 0 aromatic carbocycles. The number of rotatable bonds is 2. The molecule has 3 nitrogen and oxygen atoms in total. The van der Waals surface area contributed by atoms with E-state index in [2.05, 4.69) is 18.0 Å². The molecule has 0 aromatic rings. The average Bonchev–Trinajstić information content (AvgIpc) is 2.31. The van der Waals surface area contributed by atoms with E-state index in [0.717, 1.165) is 9.91 Å². The molecule has 1 aliphatic heterocycles. The lowest BCUT2D eigenvalue weighted by Crippen LogP contribution is -2.48. The summed E-state index contributed by atoms with van der Waals surface area (Å²) in [5.74, 6) is 0. The third kappa shape index (κ3) is 1.93. The molecule has 0 bridgehead atoms. The number of hydrogen-bond donors (Lipinski definition) is 0. The summed E-state index contributed by atoms with van der Waals surface area (Å²) in [4.78, 5) is 0.892. The van der Waals surface area contributed by atoms with Crippen molar-refractivity contribution in [3.8, 4) is 0 Å². The number of halogens is 3. The van der Waals surface area contributed by atoms with E-state index in [1.807, 2.05) is 0 Å². The molecular weight excluding hydrogens is 183 g/mol. The lowest BCUT2D eigenvalue weighted by atomic mass is 10.4. The third-order valence-corrected chi connectivity index (χ3v) is 1.59. The predicted octanol–water partition coefficient (Wildman–Crippen LogP) is 1.13. The predicted molar refractivity (Wildman–Crippen MR) is 41.9 cm³/mol. The SMILES string of the molecule is C=CCN1N=[C]N(C)C1C(F)(F)F. The molecule has 0 spiro atoms. The van der Waals surface area contributed by atoms with Crippen LogP contribution in [-0.4, -0.2) is 42.2 Å². The van der Waals surface area contributed by atoms with Gasteiger partial charge in [-0.25, -0.2) is 0 Å². The van der Waals surface area contributed by atoms with Crippen LogP contribution in [0, 0.1) is 0 Å². The number of hydrogen-bond acceptors (Lipinski definition) is 3. The van der Waals surface area contributed by atoms with Crippen molar-refractivity contribution >= 4 is 6.34 Å². The molecule has 0 fully saturated rings. The molecule has 1 aliphatic rings. The van der Waals surface area contributed by atoms with Gasteiger partial charge in [0.1, 0.15) is 0 Å². The van der Waals surface area contributed by atoms with Gasteiger partial charge in [0.25, 0.3) is 0 Å². The maximum Gasteiger partial charge on any atom is 0.429 e. The number of nitrogens with zero attached hydrogens (tertiary/aromatic N) is 3. The summed E-state index contributed by atoms with van der Waals surface area (Å²) in [6.45, 7) is 3.41. The van der Waals surface area contributed by atoms with Crippen molar-refractivity contribution < 1.29 is 13.2 Å². The van der Waals surface area contributed by atoms with Crippen molar-refractivity contribution in [3.63, 3.8) is 0 Å². The smallest absolute Gasteiger partial charge is 0.326 e. The maximum atomic E-state index is 12.4. The fourth-order valence-electron chi connectivity index (χ4n) is 1.10. The fraction of sp³-hybridized carbons (Fsp3) is 0.571. The minimum Gasteiger partial charge on any atom is -0.326 e. The highest BCUT2D eigenvalue weighted by molar-refractivity contribution is 5.56. The van der Waals surface area contributed by atoms with Crippen LogP contribution in [0.3, 0.4) is 0 Å². The van der Waals surface area contributed by atoms with Crippen LogP contribution >= 0.6 is 0 Å². The van der Waals surface area contributed by atoms with E-state index in [1.165, 1.54) is 13.1 Å². The van der Waals surface area contributed by atoms with Gasteiger partial charge in [0.2, 0.25) is 6.17 Å². The van der Waals surface area contributed by atoms with Gasteiger partial charge in [0, 0.05) is 7.05 Å². The molecular formula is C7H9F3N3. The molecule has 0 aromatic heterocycles. The van der Waals surface area contributed by atoms with Crippen LogP contribution in [0.5, 0.6) is 0 Å². The third-order valence-electron chi connectivity index (χ3n) is 1.59. The first-order chi connectivity index (χ1) is 5.96. The summed E-state index contributed by atoms with van der Waals surface area (Å²) >= 11 is 0. The van der Waals surface area contributed by atoms with Gasteiger partial charge in [-0.2, -0.15) is 18.3 Å². The Morgan fingerprint density at radius 2 is 2.23 bits per heavy atom. The van der Waals surface area contributed by atoms with Gasteiger partial charge >= 0.3 is 6.18 Å². The zero-order chi connectivity index (χ0) is 10.1. The van der Waals surface area contributed by atoms with Gasteiger partial charge in [-0.3, -0.25) is 5.01 Å². The normalized spacial score (nSPS) is 22.6. The number of hydrazone groups is 1. The zero-order valence-corrected chi connectivity index (χ0v) is 7.04. The van der Waals surface area contributed by atoms with Crippen molar-refractivity contribution in [2.45, 2.75) is 12.3 Å². The largest absolute Gasteiger partial charge is 0.429 e. The van der Waals surface area contributed by atoms with Crippen LogP contribution in [0.15, 0.2) is 17.8 Å². The topological polar surface area (TPSA) is 18.8 Å². The Bertz CT molecular complexity index is 224. The van der Waals surface area contributed by atoms with Gasteiger partial charge in [0.05, 0.1) is 6.54 Å². The molecule has 1 heterocycles. The highest BCUT2D eigenvalue weighted by atomic mass is 19.4. The second kappa shape index (κ2) is 3.27. The van der Waals surface area contributed by atoms with E-state index >= 15 is 0 Å². The molecule has 1 rings (SSSR count). The van der Waals surface area contributed by atoms with Crippen LogP contribution in [0.2, 0.25) is 0 Å². The lowest BCUT2D eigenvalue weighted by molar-refractivity contribution is -0.203. The number of alkyl halides is 3. The van der Waals surface area contributed by atoms with Crippen LogP contribution in [0.1, 0.15) is 0 Å². The average molecular weight is 192 g/mol. The quantitative estimate of drug-likeness (QED) is 0.611. The molecule has 0 amide bonds. The molecule has 1 unspecified atom stereocenters. The van der Waals surface area contributed by atoms with E-state index < -0.39 is 12.3 Å². The molecule has 0 N–H and O–H groups in total. The Balaban J connectivity index is 2.75. The van der Waals surface area contributed by atoms with Gasteiger partial charge < -0.3 is 4.90 Å². The Morgan fingerprint density at radius 1 is 1.62 bits per heavy atom. The van der Waals surface area contributed by atoms with Crippen LogP contribution in [-0.2, 0) is 0 Å². The standard InChI is InChI=1S/C7H9F3N3/c1-3-4-13-6(7(8,9)10)12(2)5-11-13/h3,6H,1,4H2,2H3. The molecule has 6 heteroatoms. The van der Waals surface area contributed by atoms with Gasteiger partial charge in [0.15, 0.2) is 6.34 Å². The van der Waals surface area contributed by atoms with E-state index in [9.17, 15) is 13.2 Å². The van der Waals surface area contributed by atoms with Crippen LogP contribution in [0.4, 0.5) is 13.2 Å². The monoisotopic (exact) mass is 192 g/mol. The zero-order valence-electron chi connectivity index (χ0n) is 7.04. The second-order valence-electron chi connectivity index (χ2n) is 2.64. The summed E-state index contributed by atoms with van der Waals surface area (Å²) in [6.07, 6.45) is -2.45. The Hall–Kier alpha value is -1.20. The van der Waals surface area contributed by atoms with Gasteiger partial charge in [-0.1, -0.05) is 6.08 Å². The van der Waals surface area contributed by atoms with Crippen LogP contribution in [0.25, 0.3) is 0 Å². The molecule has 13 heavy (non-hydrogen) atoms. The molecule has 0 saturated heterocycles. The van der Waals surface area contributed by atoms with E-state index in [1.54, 1.807) is 0 Å². The van der Waals surface area contributed by atoms with Crippen molar-refractivity contribution in [3.05, 3.63) is 12.7 Å². The van der Waals surface area contributed by atoms with Crippen molar-refractivity contribution in [2.75, 3.05) is 13.6 Å². The first-order valence-corrected chi connectivity index (χ1v) is 3.60. The fourth-order valence-corrected chi connectivity index (χ4v) is 1.10. The summed E-state index contributed by atoms with van der Waals surface area (Å²) in [6, 6.07) is 0. The first kappa shape index (κ1) is 9.88.